The molecule has 0 N–H and O–H groups in total. The van der Waals surface area contributed by atoms with Crippen molar-refractivity contribution in [2.45, 2.75) is 12.6 Å². The van der Waals surface area contributed by atoms with Gasteiger partial charge in [0.1, 0.15) is 6.54 Å². The van der Waals surface area contributed by atoms with Crippen LogP contribution in [0.4, 0.5) is 13.2 Å². The smallest absolute Gasteiger partial charge is 0.336 e. The van der Waals surface area contributed by atoms with Crippen LogP contribution in [0.1, 0.15) is 6.42 Å². The van der Waals surface area contributed by atoms with Gasteiger partial charge in [0.05, 0.1) is 0 Å². The predicted molar refractivity (Wildman–Crippen MR) is 49.1 cm³/mol. The molecule has 1 heterocycles. The lowest BCUT2D eigenvalue weighted by Gasteiger charge is -2.21. The highest BCUT2D eigenvalue weighted by Gasteiger charge is 2.34. The number of rotatable bonds is 2. The largest absolute Gasteiger partial charge is 0.406 e. The third-order valence-electron chi connectivity index (χ3n) is 2.07. The second-order valence-electron chi connectivity index (χ2n) is 3.37. The number of hydrogen-bond donors (Lipinski definition) is 0. The molecule has 0 aliphatic carbocycles. The molecule has 2 nitrogen and oxygen atoms in total. The molecule has 14 heavy (non-hydrogen) atoms. The molecular formula is C8H12F3NOS. The number of carbonyl (C=O) groups is 1. The van der Waals surface area contributed by atoms with Gasteiger partial charge in [-0.05, 0) is 12.2 Å². The molecule has 0 aromatic rings. The SMILES string of the molecule is CN(CC(F)(F)F)C(=O)[C@@H]1CCSC1. The number of nitrogens with zero attached hydrogens (tertiary/aromatic N) is 1. The maximum atomic E-state index is 12.0. The average Bonchev–Trinajstić information content (AvgIpc) is 2.51. The summed E-state index contributed by atoms with van der Waals surface area (Å²) in [6.45, 7) is -1.15. The fraction of sp³-hybridized carbons (Fsp3) is 0.875. The van der Waals surface area contributed by atoms with Gasteiger partial charge in [-0.25, -0.2) is 0 Å². The molecule has 82 valence electrons. The molecule has 1 fully saturated rings. The Bertz CT molecular complexity index is 213. The van der Waals surface area contributed by atoms with Crippen LogP contribution in [-0.4, -0.2) is 42.1 Å². The zero-order valence-electron chi connectivity index (χ0n) is 7.80. The van der Waals surface area contributed by atoms with Gasteiger partial charge in [0.25, 0.3) is 0 Å². The summed E-state index contributed by atoms with van der Waals surface area (Å²) in [5.74, 6) is 0.928. The summed E-state index contributed by atoms with van der Waals surface area (Å²) in [4.78, 5) is 12.2. The third kappa shape index (κ3) is 3.40. The van der Waals surface area contributed by atoms with Gasteiger partial charge in [0, 0.05) is 18.7 Å². The highest BCUT2D eigenvalue weighted by Crippen LogP contribution is 2.26. The Balaban J connectivity index is 2.43. The first kappa shape index (κ1) is 11.7. The Morgan fingerprint density at radius 3 is 2.64 bits per heavy atom. The molecule has 0 saturated carbocycles. The van der Waals surface area contributed by atoms with E-state index in [1.54, 1.807) is 11.8 Å². The highest BCUT2D eigenvalue weighted by atomic mass is 32.2. The van der Waals surface area contributed by atoms with Crippen LogP contribution in [0.5, 0.6) is 0 Å². The lowest BCUT2D eigenvalue weighted by molar-refractivity contribution is -0.160. The van der Waals surface area contributed by atoms with Gasteiger partial charge in [-0.3, -0.25) is 4.79 Å². The first-order valence-corrected chi connectivity index (χ1v) is 5.45. The monoisotopic (exact) mass is 227 g/mol. The second kappa shape index (κ2) is 4.42. The summed E-state index contributed by atoms with van der Waals surface area (Å²) in [7, 11) is 1.21. The van der Waals surface area contributed by atoms with Crippen LogP contribution in [0.2, 0.25) is 0 Å². The summed E-state index contributed by atoms with van der Waals surface area (Å²) in [6.07, 6.45) is -3.60. The van der Waals surface area contributed by atoms with E-state index < -0.39 is 12.7 Å². The van der Waals surface area contributed by atoms with Gasteiger partial charge in [-0.15, -0.1) is 0 Å². The molecule has 1 aliphatic heterocycles. The summed E-state index contributed by atoms with van der Waals surface area (Å²) in [5.41, 5.74) is 0. The summed E-state index contributed by atoms with van der Waals surface area (Å²) < 4.78 is 35.9. The Morgan fingerprint density at radius 2 is 2.21 bits per heavy atom. The Hall–Kier alpha value is -0.390. The van der Waals surface area contributed by atoms with Crippen molar-refractivity contribution in [1.29, 1.82) is 0 Å². The van der Waals surface area contributed by atoms with Crippen molar-refractivity contribution in [2.75, 3.05) is 25.1 Å². The van der Waals surface area contributed by atoms with Crippen LogP contribution in [0.25, 0.3) is 0 Å². The molecule has 0 unspecified atom stereocenters. The van der Waals surface area contributed by atoms with Crippen LogP contribution in [-0.2, 0) is 4.79 Å². The molecular weight excluding hydrogens is 215 g/mol. The molecule has 0 bridgehead atoms. The first-order valence-electron chi connectivity index (χ1n) is 4.29. The van der Waals surface area contributed by atoms with Crippen molar-refractivity contribution in [3.8, 4) is 0 Å². The molecule has 1 rings (SSSR count). The number of alkyl halides is 3. The van der Waals surface area contributed by atoms with Crippen LogP contribution in [0.15, 0.2) is 0 Å². The Kier molecular flexibility index (Phi) is 3.69. The second-order valence-corrected chi connectivity index (χ2v) is 4.52. The lowest BCUT2D eigenvalue weighted by atomic mass is 10.1. The van der Waals surface area contributed by atoms with Gasteiger partial charge >= 0.3 is 6.18 Å². The number of hydrogen-bond acceptors (Lipinski definition) is 2. The van der Waals surface area contributed by atoms with Gasteiger partial charge in [0.15, 0.2) is 0 Å². The quantitative estimate of drug-likeness (QED) is 0.716. The van der Waals surface area contributed by atoms with Crippen LogP contribution < -0.4 is 0 Å². The van der Waals surface area contributed by atoms with Crippen LogP contribution >= 0.6 is 11.8 Å². The van der Waals surface area contributed by atoms with E-state index in [4.69, 9.17) is 0 Å². The average molecular weight is 227 g/mol. The zero-order chi connectivity index (χ0) is 10.8. The van der Waals surface area contributed by atoms with Gasteiger partial charge < -0.3 is 4.90 Å². The maximum absolute atomic E-state index is 12.0. The van der Waals surface area contributed by atoms with Crippen molar-refractivity contribution in [1.82, 2.24) is 4.90 Å². The van der Waals surface area contributed by atoms with Gasteiger partial charge in [-0.1, -0.05) is 0 Å². The van der Waals surface area contributed by atoms with E-state index in [1.165, 1.54) is 7.05 Å². The van der Waals surface area contributed by atoms with Crippen molar-refractivity contribution in [2.24, 2.45) is 5.92 Å². The molecule has 1 atom stereocenters. The van der Waals surface area contributed by atoms with Crippen LogP contribution in [0.3, 0.4) is 0 Å². The number of amides is 1. The topological polar surface area (TPSA) is 20.3 Å². The minimum atomic E-state index is -4.30. The Labute approximate surface area is 84.8 Å². The van der Waals surface area contributed by atoms with E-state index in [9.17, 15) is 18.0 Å². The molecule has 1 amide bonds. The minimum Gasteiger partial charge on any atom is -0.336 e. The number of carbonyl (C=O) groups excluding carboxylic acids is 1. The molecule has 6 heteroatoms. The van der Waals surface area contributed by atoms with Crippen molar-refractivity contribution in [3.63, 3.8) is 0 Å². The molecule has 0 aromatic carbocycles. The lowest BCUT2D eigenvalue weighted by Crippen LogP contribution is -2.39. The minimum absolute atomic E-state index is 0.215. The van der Waals surface area contributed by atoms with E-state index in [-0.39, 0.29) is 11.8 Å². The standard InChI is InChI=1S/C8H12F3NOS/c1-12(5-8(9,10)11)7(13)6-2-3-14-4-6/h6H,2-5H2,1H3/t6-/m1/s1. The summed E-state index contributed by atoms with van der Waals surface area (Å²) >= 11 is 1.62. The maximum Gasteiger partial charge on any atom is 0.406 e. The summed E-state index contributed by atoms with van der Waals surface area (Å²) in [5, 5.41) is 0. The molecule has 0 spiro atoms. The molecule has 0 aromatic heterocycles. The predicted octanol–water partition coefficient (Wildman–Crippen LogP) is 1.76. The van der Waals surface area contributed by atoms with Gasteiger partial charge in [-0.2, -0.15) is 24.9 Å². The normalized spacial score (nSPS) is 22.4. The number of thioether (sulfide) groups is 1. The van der Waals surface area contributed by atoms with Gasteiger partial charge in [0.2, 0.25) is 5.91 Å². The Morgan fingerprint density at radius 1 is 1.57 bits per heavy atom. The molecule has 1 aliphatic rings. The van der Waals surface area contributed by atoms with Crippen molar-refractivity contribution in [3.05, 3.63) is 0 Å². The van der Waals surface area contributed by atoms with E-state index in [2.05, 4.69) is 0 Å². The summed E-state index contributed by atoms with van der Waals surface area (Å²) in [6, 6.07) is 0. The van der Waals surface area contributed by atoms with Crippen LogP contribution in [0, 0.1) is 5.92 Å². The highest BCUT2D eigenvalue weighted by molar-refractivity contribution is 7.99. The van der Waals surface area contributed by atoms with Crippen molar-refractivity contribution >= 4 is 17.7 Å². The fourth-order valence-corrected chi connectivity index (χ4v) is 2.60. The molecule has 0 radical (unpaired) electrons. The van der Waals surface area contributed by atoms with E-state index in [0.29, 0.717) is 12.2 Å². The fourth-order valence-electron chi connectivity index (χ4n) is 1.39. The van der Waals surface area contributed by atoms with E-state index in [1.807, 2.05) is 0 Å². The third-order valence-corrected chi connectivity index (χ3v) is 3.23. The zero-order valence-corrected chi connectivity index (χ0v) is 8.62. The molecule has 1 saturated heterocycles. The number of halogens is 3. The van der Waals surface area contributed by atoms with E-state index >= 15 is 0 Å². The van der Waals surface area contributed by atoms with E-state index in [0.717, 1.165) is 10.7 Å². The van der Waals surface area contributed by atoms with Crippen molar-refractivity contribution < 1.29 is 18.0 Å². The first-order chi connectivity index (χ1) is 6.40.